The summed E-state index contributed by atoms with van der Waals surface area (Å²) in [7, 11) is -3.51. The first-order valence-corrected chi connectivity index (χ1v) is 10.4. The minimum atomic E-state index is -3.51. The Morgan fingerprint density at radius 1 is 1.38 bits per heavy atom. The van der Waals surface area contributed by atoms with Crippen molar-refractivity contribution in [2.45, 2.75) is 56.0 Å². The maximum Gasteiger partial charge on any atom is 0.240 e. The van der Waals surface area contributed by atoms with Gasteiger partial charge in [0.15, 0.2) is 0 Å². The van der Waals surface area contributed by atoms with E-state index in [4.69, 9.17) is 11.0 Å². The third-order valence-corrected chi connectivity index (χ3v) is 6.04. The number of nitrogens with zero attached hydrogens (tertiary/aromatic N) is 2. The van der Waals surface area contributed by atoms with E-state index < -0.39 is 16.1 Å². The van der Waals surface area contributed by atoms with Crippen molar-refractivity contribution in [1.82, 2.24) is 9.62 Å². The maximum absolute atomic E-state index is 12.3. The number of amides is 1. The van der Waals surface area contributed by atoms with E-state index in [9.17, 15) is 13.2 Å². The van der Waals surface area contributed by atoms with Crippen LogP contribution in [0.3, 0.4) is 0 Å². The van der Waals surface area contributed by atoms with E-state index in [0.29, 0.717) is 38.8 Å². The van der Waals surface area contributed by atoms with Crippen LogP contribution < -0.4 is 10.5 Å². The lowest BCUT2D eigenvalue weighted by molar-refractivity contribution is -0.132. The van der Waals surface area contributed by atoms with Crippen LogP contribution in [0.2, 0.25) is 0 Å². The Balaban J connectivity index is 1.72. The fraction of sp³-hybridized carbons (Fsp3) is 0.556. The number of carbonyl (C=O) groups is 1. The molecule has 8 heteroatoms. The van der Waals surface area contributed by atoms with Crippen LogP contribution in [0.25, 0.3) is 0 Å². The van der Waals surface area contributed by atoms with E-state index in [1.54, 1.807) is 29.2 Å². The second kappa shape index (κ2) is 9.12. The highest BCUT2D eigenvalue weighted by Crippen LogP contribution is 2.18. The van der Waals surface area contributed by atoms with E-state index in [0.717, 1.165) is 12.0 Å². The first-order chi connectivity index (χ1) is 12.3. The van der Waals surface area contributed by atoms with Gasteiger partial charge in [-0.2, -0.15) is 5.26 Å². The van der Waals surface area contributed by atoms with Gasteiger partial charge in [-0.1, -0.05) is 24.1 Å². The molecule has 0 saturated carbocycles. The van der Waals surface area contributed by atoms with Crippen LogP contribution in [0.15, 0.2) is 29.2 Å². The summed E-state index contributed by atoms with van der Waals surface area (Å²) in [5, 5.41) is 9.05. The SMILES string of the molecule is Cc1ccc(S(=O)(=O)NCCCC[C@H](N)C(=O)N2CCC[C@H]2C#N)cc1. The molecule has 0 aromatic heterocycles. The second-order valence-corrected chi connectivity index (χ2v) is 8.40. The summed E-state index contributed by atoms with van der Waals surface area (Å²) in [4.78, 5) is 14.1. The van der Waals surface area contributed by atoms with Gasteiger partial charge < -0.3 is 10.6 Å². The van der Waals surface area contributed by atoms with E-state index in [1.807, 2.05) is 6.92 Å². The van der Waals surface area contributed by atoms with Crippen LogP contribution in [0, 0.1) is 18.3 Å². The normalized spacial score (nSPS) is 18.5. The number of likely N-dealkylation sites (tertiary alicyclic amines) is 1. The Kier molecular flexibility index (Phi) is 7.14. The van der Waals surface area contributed by atoms with Crippen LogP contribution in [0.5, 0.6) is 0 Å². The number of rotatable bonds is 8. The van der Waals surface area contributed by atoms with E-state index in [2.05, 4.69) is 10.8 Å². The minimum Gasteiger partial charge on any atom is -0.325 e. The summed E-state index contributed by atoms with van der Waals surface area (Å²) < 4.78 is 26.9. The van der Waals surface area contributed by atoms with Gasteiger partial charge in [-0.25, -0.2) is 13.1 Å². The Morgan fingerprint density at radius 3 is 2.73 bits per heavy atom. The Bertz CT molecular complexity index is 756. The molecule has 1 aliphatic heterocycles. The minimum absolute atomic E-state index is 0.186. The molecule has 1 aromatic rings. The molecule has 1 amide bonds. The second-order valence-electron chi connectivity index (χ2n) is 6.63. The highest BCUT2D eigenvalue weighted by atomic mass is 32.2. The van der Waals surface area contributed by atoms with Gasteiger partial charge in [0.1, 0.15) is 6.04 Å². The van der Waals surface area contributed by atoms with Gasteiger partial charge in [-0.05, 0) is 44.7 Å². The molecule has 1 aromatic carbocycles. The van der Waals surface area contributed by atoms with Crippen LogP contribution in [0.1, 0.15) is 37.7 Å². The Morgan fingerprint density at radius 2 is 2.08 bits per heavy atom. The lowest BCUT2D eigenvalue weighted by atomic mass is 10.1. The molecule has 0 bridgehead atoms. The molecule has 3 N–H and O–H groups in total. The number of nitriles is 1. The number of aryl methyl sites for hydroxylation is 1. The fourth-order valence-electron chi connectivity index (χ4n) is 3.00. The first kappa shape index (κ1) is 20.4. The summed E-state index contributed by atoms with van der Waals surface area (Å²) in [6.45, 7) is 2.78. The summed E-state index contributed by atoms with van der Waals surface area (Å²) in [5.74, 6) is -0.186. The van der Waals surface area contributed by atoms with Crippen molar-refractivity contribution < 1.29 is 13.2 Å². The number of unbranched alkanes of at least 4 members (excludes halogenated alkanes) is 1. The molecule has 0 unspecified atom stereocenters. The fourth-order valence-corrected chi connectivity index (χ4v) is 4.07. The molecule has 7 nitrogen and oxygen atoms in total. The van der Waals surface area contributed by atoms with Crippen molar-refractivity contribution in [3.63, 3.8) is 0 Å². The molecule has 0 radical (unpaired) electrons. The third kappa shape index (κ3) is 5.27. The standard InChI is InChI=1S/C18H26N4O3S/c1-14-7-9-16(10-8-14)26(24,25)21-11-3-2-6-17(20)18(23)22-12-4-5-15(22)13-19/h7-10,15,17,21H,2-6,11-12,20H2,1H3/t15-,17-/m0/s1. The average molecular weight is 378 g/mol. The molecule has 2 atom stereocenters. The smallest absolute Gasteiger partial charge is 0.240 e. The van der Waals surface area contributed by atoms with Gasteiger partial charge in [-0.15, -0.1) is 0 Å². The Hall–Kier alpha value is -1.95. The molecular formula is C18H26N4O3S. The number of sulfonamides is 1. The monoisotopic (exact) mass is 378 g/mol. The molecule has 0 aliphatic carbocycles. The molecule has 1 aliphatic rings. The molecule has 1 saturated heterocycles. The van der Waals surface area contributed by atoms with Gasteiger partial charge in [0.25, 0.3) is 0 Å². The quantitative estimate of drug-likeness (QED) is 0.661. The largest absolute Gasteiger partial charge is 0.325 e. The summed E-state index contributed by atoms with van der Waals surface area (Å²) >= 11 is 0. The average Bonchev–Trinajstić information content (AvgIpc) is 3.09. The molecule has 142 valence electrons. The number of carbonyl (C=O) groups excluding carboxylic acids is 1. The van der Waals surface area contributed by atoms with Crippen molar-refractivity contribution in [3.05, 3.63) is 29.8 Å². The summed E-state index contributed by atoms with van der Waals surface area (Å²) in [6, 6.07) is 7.79. The van der Waals surface area contributed by atoms with Crippen LogP contribution in [-0.2, 0) is 14.8 Å². The topological polar surface area (TPSA) is 116 Å². The number of benzene rings is 1. The molecule has 0 spiro atoms. The lowest BCUT2D eigenvalue weighted by Gasteiger charge is -2.23. The molecule has 1 heterocycles. The van der Waals surface area contributed by atoms with Crippen molar-refractivity contribution in [2.75, 3.05) is 13.1 Å². The zero-order valence-corrected chi connectivity index (χ0v) is 15.8. The number of nitrogens with one attached hydrogen (secondary N) is 1. The van der Waals surface area contributed by atoms with Crippen molar-refractivity contribution in [1.29, 1.82) is 5.26 Å². The van der Waals surface area contributed by atoms with Gasteiger partial charge in [0.2, 0.25) is 15.9 Å². The van der Waals surface area contributed by atoms with Crippen LogP contribution >= 0.6 is 0 Å². The number of hydrogen-bond donors (Lipinski definition) is 2. The zero-order chi connectivity index (χ0) is 19.2. The molecule has 1 fully saturated rings. The van der Waals surface area contributed by atoms with Gasteiger partial charge in [0, 0.05) is 13.1 Å². The van der Waals surface area contributed by atoms with Gasteiger partial charge in [0.05, 0.1) is 17.0 Å². The zero-order valence-electron chi connectivity index (χ0n) is 15.0. The van der Waals surface area contributed by atoms with E-state index in [-0.39, 0.29) is 16.8 Å². The predicted molar refractivity (Wildman–Crippen MR) is 98.5 cm³/mol. The lowest BCUT2D eigenvalue weighted by Crippen LogP contribution is -2.45. The van der Waals surface area contributed by atoms with Crippen molar-refractivity contribution in [2.24, 2.45) is 5.73 Å². The van der Waals surface area contributed by atoms with Crippen LogP contribution in [-0.4, -0.2) is 44.4 Å². The number of hydrogen-bond acceptors (Lipinski definition) is 5. The summed E-state index contributed by atoms with van der Waals surface area (Å²) in [5.41, 5.74) is 6.95. The molecular weight excluding hydrogens is 352 g/mol. The van der Waals surface area contributed by atoms with Crippen molar-refractivity contribution in [3.8, 4) is 6.07 Å². The Labute approximate surface area is 155 Å². The summed E-state index contributed by atoms with van der Waals surface area (Å²) in [6.07, 6.45) is 3.23. The van der Waals surface area contributed by atoms with Crippen molar-refractivity contribution >= 4 is 15.9 Å². The maximum atomic E-state index is 12.3. The first-order valence-electron chi connectivity index (χ1n) is 8.87. The van der Waals surface area contributed by atoms with Crippen LogP contribution in [0.4, 0.5) is 0 Å². The highest BCUT2D eigenvalue weighted by Gasteiger charge is 2.31. The van der Waals surface area contributed by atoms with Gasteiger partial charge in [-0.3, -0.25) is 4.79 Å². The predicted octanol–water partition coefficient (Wildman–Crippen LogP) is 1.29. The third-order valence-electron chi connectivity index (χ3n) is 4.57. The van der Waals surface area contributed by atoms with E-state index in [1.165, 1.54) is 0 Å². The molecule has 2 rings (SSSR count). The van der Waals surface area contributed by atoms with Gasteiger partial charge >= 0.3 is 0 Å². The number of nitrogens with two attached hydrogens (primary N) is 1. The highest BCUT2D eigenvalue weighted by molar-refractivity contribution is 7.89. The van der Waals surface area contributed by atoms with E-state index >= 15 is 0 Å². The molecule has 26 heavy (non-hydrogen) atoms.